The second-order valence-electron chi connectivity index (χ2n) is 6.77. The molecule has 4 heteroatoms. The highest BCUT2D eigenvalue weighted by Crippen LogP contribution is 2.26. The maximum Gasteiger partial charge on any atom is 0.223 e. The fraction of sp³-hybridized carbons (Fsp3) is 0.938. The summed E-state index contributed by atoms with van der Waals surface area (Å²) in [7, 11) is 0. The Hall–Kier alpha value is -0.610. The predicted molar refractivity (Wildman–Crippen MR) is 78.5 cm³/mol. The molecule has 0 unspecified atom stereocenters. The van der Waals surface area contributed by atoms with Gasteiger partial charge in [-0.3, -0.25) is 9.69 Å². The van der Waals surface area contributed by atoms with Gasteiger partial charge in [0.15, 0.2) is 0 Å². The quantitative estimate of drug-likeness (QED) is 0.786. The standard InChI is InChI=1S/C16H28N2O2/c19-16(11-15-5-10-20-13-15)18-8-6-17(7-9-18)12-14-3-1-2-4-14/h14-15H,1-13H2/t15-/m0/s1. The Labute approximate surface area is 122 Å². The van der Waals surface area contributed by atoms with Gasteiger partial charge in [0.05, 0.1) is 0 Å². The summed E-state index contributed by atoms with van der Waals surface area (Å²) in [5, 5.41) is 0. The van der Waals surface area contributed by atoms with Gasteiger partial charge in [0.2, 0.25) is 5.91 Å². The van der Waals surface area contributed by atoms with Crippen molar-refractivity contribution in [1.29, 1.82) is 0 Å². The molecule has 2 heterocycles. The summed E-state index contributed by atoms with van der Waals surface area (Å²) in [6.45, 7) is 6.89. The minimum absolute atomic E-state index is 0.348. The van der Waals surface area contributed by atoms with E-state index in [1.165, 1.54) is 32.2 Å². The van der Waals surface area contributed by atoms with Crippen LogP contribution in [0, 0.1) is 11.8 Å². The van der Waals surface area contributed by atoms with Crippen LogP contribution < -0.4 is 0 Å². The molecule has 0 aromatic carbocycles. The average Bonchev–Trinajstić information content (AvgIpc) is 3.13. The van der Waals surface area contributed by atoms with Crippen LogP contribution in [0.25, 0.3) is 0 Å². The number of piperazine rings is 1. The van der Waals surface area contributed by atoms with Crippen LogP contribution >= 0.6 is 0 Å². The van der Waals surface area contributed by atoms with Gasteiger partial charge in [0.25, 0.3) is 0 Å². The Kier molecular flexibility index (Phi) is 4.94. The highest BCUT2D eigenvalue weighted by Gasteiger charge is 2.26. The lowest BCUT2D eigenvalue weighted by Crippen LogP contribution is -2.49. The molecule has 0 bridgehead atoms. The molecule has 3 aliphatic rings. The second kappa shape index (κ2) is 6.90. The SMILES string of the molecule is O=C(C[C@@H]1CCOC1)N1CCN(CC2CCCC2)CC1. The lowest BCUT2D eigenvalue weighted by molar-refractivity contribution is -0.134. The number of nitrogens with zero attached hydrogens (tertiary/aromatic N) is 2. The van der Waals surface area contributed by atoms with Gasteiger partial charge in [-0.2, -0.15) is 0 Å². The summed E-state index contributed by atoms with van der Waals surface area (Å²) >= 11 is 0. The molecule has 1 amide bonds. The van der Waals surface area contributed by atoms with Crippen LogP contribution in [0.1, 0.15) is 38.5 Å². The van der Waals surface area contributed by atoms with Crippen molar-refractivity contribution in [2.45, 2.75) is 38.5 Å². The molecule has 0 spiro atoms. The minimum Gasteiger partial charge on any atom is -0.381 e. The fourth-order valence-corrected chi connectivity index (χ4v) is 3.86. The summed E-state index contributed by atoms with van der Waals surface area (Å²) in [5.74, 6) is 1.74. The predicted octanol–water partition coefficient (Wildman–Crippen LogP) is 1.75. The van der Waals surface area contributed by atoms with Crippen molar-refractivity contribution < 1.29 is 9.53 Å². The number of amides is 1. The fourth-order valence-electron chi connectivity index (χ4n) is 3.86. The molecule has 1 atom stereocenters. The van der Waals surface area contributed by atoms with Crippen molar-refractivity contribution in [1.82, 2.24) is 9.80 Å². The lowest BCUT2D eigenvalue weighted by atomic mass is 10.0. The molecule has 20 heavy (non-hydrogen) atoms. The summed E-state index contributed by atoms with van der Waals surface area (Å²) in [4.78, 5) is 16.9. The van der Waals surface area contributed by atoms with Crippen LogP contribution in [0.4, 0.5) is 0 Å². The van der Waals surface area contributed by atoms with Gasteiger partial charge in [-0.15, -0.1) is 0 Å². The maximum atomic E-state index is 12.3. The Morgan fingerprint density at radius 3 is 2.40 bits per heavy atom. The first-order valence-corrected chi connectivity index (χ1v) is 8.39. The van der Waals surface area contributed by atoms with Crippen LogP contribution in [0.3, 0.4) is 0 Å². The van der Waals surface area contributed by atoms with Crippen LogP contribution in [0.15, 0.2) is 0 Å². The van der Waals surface area contributed by atoms with Crippen molar-refractivity contribution in [3.8, 4) is 0 Å². The van der Waals surface area contributed by atoms with E-state index in [-0.39, 0.29) is 0 Å². The highest BCUT2D eigenvalue weighted by atomic mass is 16.5. The van der Waals surface area contributed by atoms with Crippen molar-refractivity contribution >= 4 is 5.91 Å². The molecular formula is C16H28N2O2. The zero-order valence-corrected chi connectivity index (χ0v) is 12.6. The molecule has 0 aromatic heterocycles. The normalized spacial score (nSPS) is 29.2. The first-order valence-electron chi connectivity index (χ1n) is 8.39. The largest absolute Gasteiger partial charge is 0.381 e. The van der Waals surface area contributed by atoms with Gasteiger partial charge < -0.3 is 9.64 Å². The molecule has 2 saturated heterocycles. The number of carbonyl (C=O) groups is 1. The minimum atomic E-state index is 0.348. The number of carbonyl (C=O) groups excluding carboxylic acids is 1. The monoisotopic (exact) mass is 280 g/mol. The first-order chi connectivity index (χ1) is 9.81. The summed E-state index contributed by atoms with van der Waals surface area (Å²) in [6, 6.07) is 0. The van der Waals surface area contributed by atoms with E-state index in [1.54, 1.807) is 0 Å². The zero-order chi connectivity index (χ0) is 13.8. The average molecular weight is 280 g/mol. The van der Waals surface area contributed by atoms with Gasteiger partial charge in [0.1, 0.15) is 0 Å². The van der Waals surface area contributed by atoms with Crippen molar-refractivity contribution in [3.05, 3.63) is 0 Å². The van der Waals surface area contributed by atoms with E-state index in [9.17, 15) is 4.79 Å². The van der Waals surface area contributed by atoms with Crippen molar-refractivity contribution in [2.24, 2.45) is 11.8 Å². The van der Waals surface area contributed by atoms with Crippen LogP contribution in [-0.4, -0.2) is 61.6 Å². The molecule has 1 saturated carbocycles. The second-order valence-corrected chi connectivity index (χ2v) is 6.77. The third-order valence-electron chi connectivity index (χ3n) is 5.20. The van der Waals surface area contributed by atoms with Crippen molar-refractivity contribution in [2.75, 3.05) is 45.9 Å². The molecule has 4 nitrogen and oxygen atoms in total. The smallest absolute Gasteiger partial charge is 0.223 e. The third-order valence-corrected chi connectivity index (χ3v) is 5.20. The number of hydrogen-bond donors (Lipinski definition) is 0. The molecule has 0 N–H and O–H groups in total. The Balaban J connectivity index is 1.37. The number of hydrogen-bond acceptors (Lipinski definition) is 3. The van der Waals surface area contributed by atoms with Gasteiger partial charge in [-0.25, -0.2) is 0 Å². The Morgan fingerprint density at radius 1 is 1.00 bits per heavy atom. The molecule has 0 aromatic rings. The van der Waals surface area contributed by atoms with E-state index in [1.807, 2.05) is 0 Å². The highest BCUT2D eigenvalue weighted by molar-refractivity contribution is 5.76. The first kappa shape index (κ1) is 14.3. The van der Waals surface area contributed by atoms with Gasteiger partial charge in [-0.1, -0.05) is 12.8 Å². The zero-order valence-electron chi connectivity index (χ0n) is 12.6. The molecule has 3 rings (SSSR count). The summed E-state index contributed by atoms with van der Waals surface area (Å²) in [5.41, 5.74) is 0. The number of ether oxygens (including phenoxy) is 1. The molecule has 2 aliphatic heterocycles. The topological polar surface area (TPSA) is 32.8 Å². The van der Waals surface area contributed by atoms with Crippen LogP contribution in [-0.2, 0) is 9.53 Å². The van der Waals surface area contributed by atoms with Gasteiger partial charge in [-0.05, 0) is 31.1 Å². The molecule has 114 valence electrons. The van der Waals surface area contributed by atoms with E-state index in [0.29, 0.717) is 18.2 Å². The lowest BCUT2D eigenvalue weighted by Gasteiger charge is -2.36. The van der Waals surface area contributed by atoms with Gasteiger partial charge in [0, 0.05) is 52.4 Å². The third kappa shape index (κ3) is 3.73. The van der Waals surface area contributed by atoms with Crippen LogP contribution in [0.2, 0.25) is 0 Å². The van der Waals surface area contributed by atoms with E-state index in [4.69, 9.17) is 4.74 Å². The van der Waals surface area contributed by atoms with E-state index >= 15 is 0 Å². The maximum absolute atomic E-state index is 12.3. The van der Waals surface area contributed by atoms with E-state index in [2.05, 4.69) is 9.80 Å². The van der Waals surface area contributed by atoms with Gasteiger partial charge >= 0.3 is 0 Å². The van der Waals surface area contributed by atoms with Crippen LogP contribution in [0.5, 0.6) is 0 Å². The summed E-state index contributed by atoms with van der Waals surface area (Å²) < 4.78 is 5.36. The molecule has 3 fully saturated rings. The number of rotatable bonds is 4. The molecular weight excluding hydrogens is 252 g/mol. The molecule has 1 aliphatic carbocycles. The molecule has 0 radical (unpaired) electrons. The Morgan fingerprint density at radius 2 is 1.75 bits per heavy atom. The van der Waals surface area contributed by atoms with E-state index < -0.39 is 0 Å². The van der Waals surface area contributed by atoms with Crippen molar-refractivity contribution in [3.63, 3.8) is 0 Å². The summed E-state index contributed by atoms with van der Waals surface area (Å²) in [6.07, 6.45) is 7.44. The van der Waals surface area contributed by atoms with E-state index in [0.717, 1.165) is 51.7 Å². The Bertz CT molecular complexity index is 314.